The first-order chi connectivity index (χ1) is 12.0. The van der Waals surface area contributed by atoms with Crippen LogP contribution in [0.1, 0.15) is 20.0 Å². The zero-order valence-electron chi connectivity index (χ0n) is 12.7. The first-order valence-electron chi connectivity index (χ1n) is 7.15. The number of rotatable bonds is 4. The second-order valence-electron chi connectivity index (χ2n) is 4.97. The molecule has 7 heteroatoms. The van der Waals surface area contributed by atoms with Gasteiger partial charge in [-0.1, -0.05) is 29.3 Å². The normalized spacial score (nSPS) is 10.3. The third kappa shape index (κ3) is 4.39. The maximum absolute atomic E-state index is 12.3. The summed E-state index contributed by atoms with van der Waals surface area (Å²) in [5.41, 5.74) is 0.819. The topological polar surface area (TPSA) is 55.4 Å². The predicted molar refractivity (Wildman–Crippen MR) is 100 cm³/mol. The van der Waals surface area contributed by atoms with Gasteiger partial charge in [0.05, 0.1) is 10.7 Å². The molecule has 0 aliphatic carbocycles. The van der Waals surface area contributed by atoms with Gasteiger partial charge in [0, 0.05) is 10.6 Å². The molecule has 3 aromatic rings. The molecule has 1 N–H and O–H groups in total. The van der Waals surface area contributed by atoms with Gasteiger partial charge in [-0.25, -0.2) is 4.79 Å². The highest BCUT2D eigenvalue weighted by atomic mass is 35.5. The Bertz CT molecular complexity index is 909. The molecule has 1 amide bonds. The minimum atomic E-state index is -0.432. The number of hydrogen-bond donors (Lipinski definition) is 1. The van der Waals surface area contributed by atoms with Crippen molar-refractivity contribution in [2.24, 2.45) is 0 Å². The molecular weight excluding hydrogens is 381 g/mol. The quantitative estimate of drug-likeness (QED) is 0.470. The Morgan fingerprint density at radius 2 is 1.76 bits per heavy atom. The van der Waals surface area contributed by atoms with Crippen LogP contribution in [0.15, 0.2) is 60.0 Å². The third-order valence-corrected chi connectivity index (χ3v) is 4.64. The average molecular weight is 392 g/mol. The number of amides is 1. The Balaban J connectivity index is 1.68. The van der Waals surface area contributed by atoms with Crippen LogP contribution in [-0.2, 0) is 0 Å². The van der Waals surface area contributed by atoms with Gasteiger partial charge in [-0.3, -0.25) is 4.79 Å². The van der Waals surface area contributed by atoms with Gasteiger partial charge < -0.3 is 10.1 Å². The molecule has 1 aromatic heterocycles. The number of halogens is 2. The van der Waals surface area contributed by atoms with Crippen molar-refractivity contribution in [3.05, 3.63) is 80.5 Å². The second kappa shape index (κ2) is 7.70. The number of thiophene rings is 1. The molecule has 0 saturated carbocycles. The maximum atomic E-state index is 12.3. The summed E-state index contributed by atoms with van der Waals surface area (Å²) in [4.78, 5) is 24.7. The van der Waals surface area contributed by atoms with E-state index >= 15 is 0 Å². The van der Waals surface area contributed by atoms with Crippen molar-refractivity contribution in [1.29, 1.82) is 0 Å². The molecule has 1 heterocycles. The van der Waals surface area contributed by atoms with Crippen LogP contribution in [0, 0.1) is 0 Å². The van der Waals surface area contributed by atoms with E-state index in [4.69, 9.17) is 27.9 Å². The number of benzene rings is 2. The van der Waals surface area contributed by atoms with Crippen LogP contribution in [0.2, 0.25) is 10.0 Å². The Hall–Kier alpha value is -2.34. The summed E-state index contributed by atoms with van der Waals surface area (Å²) < 4.78 is 5.25. The zero-order chi connectivity index (χ0) is 17.8. The van der Waals surface area contributed by atoms with Crippen molar-refractivity contribution >= 4 is 52.1 Å². The Labute approximate surface area is 158 Å². The second-order valence-corrected chi connectivity index (χ2v) is 6.76. The molecule has 0 bridgehead atoms. The van der Waals surface area contributed by atoms with E-state index in [2.05, 4.69) is 5.32 Å². The fourth-order valence-corrected chi connectivity index (χ4v) is 2.95. The smallest absolute Gasteiger partial charge is 0.353 e. The molecule has 0 atom stereocenters. The molecule has 0 unspecified atom stereocenters. The van der Waals surface area contributed by atoms with E-state index in [1.165, 1.54) is 11.3 Å². The number of ether oxygens (including phenoxy) is 1. The fraction of sp³-hybridized carbons (Fsp3) is 0. The van der Waals surface area contributed by atoms with E-state index in [1.54, 1.807) is 60.0 Å². The van der Waals surface area contributed by atoms with Crippen LogP contribution in [-0.4, -0.2) is 11.9 Å². The van der Waals surface area contributed by atoms with Crippen LogP contribution in [0.3, 0.4) is 0 Å². The van der Waals surface area contributed by atoms with Gasteiger partial charge in [0.15, 0.2) is 0 Å². The van der Waals surface area contributed by atoms with Crippen LogP contribution in [0.4, 0.5) is 5.69 Å². The van der Waals surface area contributed by atoms with E-state index in [0.29, 0.717) is 31.9 Å². The van der Waals surface area contributed by atoms with Crippen LogP contribution in [0.5, 0.6) is 5.75 Å². The molecule has 0 fully saturated rings. The summed E-state index contributed by atoms with van der Waals surface area (Å²) in [6, 6.07) is 14.5. The summed E-state index contributed by atoms with van der Waals surface area (Å²) in [5.74, 6) is -0.422. The Morgan fingerprint density at radius 3 is 2.44 bits per heavy atom. The minimum Gasteiger partial charge on any atom is -0.422 e. The van der Waals surface area contributed by atoms with E-state index in [1.807, 2.05) is 0 Å². The lowest BCUT2D eigenvalue weighted by atomic mass is 10.2. The molecular formula is C18H11Cl2NO3S. The lowest BCUT2D eigenvalue weighted by Gasteiger charge is -2.08. The van der Waals surface area contributed by atoms with Crippen molar-refractivity contribution in [1.82, 2.24) is 0 Å². The molecule has 4 nitrogen and oxygen atoms in total. The lowest BCUT2D eigenvalue weighted by molar-refractivity contribution is 0.0740. The summed E-state index contributed by atoms with van der Waals surface area (Å²) in [6.07, 6.45) is 0. The fourth-order valence-electron chi connectivity index (χ4n) is 2.01. The number of carbonyl (C=O) groups excluding carboxylic acids is 2. The molecule has 25 heavy (non-hydrogen) atoms. The van der Waals surface area contributed by atoms with E-state index in [0.717, 1.165) is 0 Å². The van der Waals surface area contributed by atoms with Crippen molar-refractivity contribution in [3.8, 4) is 5.75 Å². The van der Waals surface area contributed by atoms with Crippen LogP contribution >= 0.6 is 34.5 Å². The predicted octanol–water partition coefficient (Wildman–Crippen LogP) is 5.53. The van der Waals surface area contributed by atoms with E-state index in [9.17, 15) is 9.59 Å². The monoisotopic (exact) mass is 391 g/mol. The van der Waals surface area contributed by atoms with Gasteiger partial charge in [-0.05, 0) is 53.9 Å². The van der Waals surface area contributed by atoms with Crippen molar-refractivity contribution in [3.63, 3.8) is 0 Å². The largest absolute Gasteiger partial charge is 0.422 e. The summed E-state index contributed by atoms with van der Waals surface area (Å²) in [7, 11) is 0. The van der Waals surface area contributed by atoms with Gasteiger partial charge in [0.1, 0.15) is 10.6 Å². The van der Waals surface area contributed by atoms with Crippen molar-refractivity contribution in [2.45, 2.75) is 0 Å². The molecule has 0 spiro atoms. The average Bonchev–Trinajstić information content (AvgIpc) is 3.13. The summed E-state index contributed by atoms with van der Waals surface area (Å²) in [5, 5.41) is 5.34. The maximum Gasteiger partial charge on any atom is 0.353 e. The third-order valence-electron chi connectivity index (χ3n) is 3.23. The van der Waals surface area contributed by atoms with Gasteiger partial charge in [0.2, 0.25) is 0 Å². The Morgan fingerprint density at radius 1 is 1.00 bits per heavy atom. The highest BCUT2D eigenvalue weighted by Crippen LogP contribution is 2.26. The Kier molecular flexibility index (Phi) is 5.38. The molecule has 2 aromatic carbocycles. The number of nitrogens with one attached hydrogen (secondary N) is 1. The number of anilines is 1. The highest BCUT2D eigenvalue weighted by Gasteiger charge is 2.12. The van der Waals surface area contributed by atoms with Crippen LogP contribution in [0.25, 0.3) is 0 Å². The van der Waals surface area contributed by atoms with Gasteiger partial charge in [-0.2, -0.15) is 0 Å². The van der Waals surface area contributed by atoms with E-state index < -0.39 is 5.97 Å². The summed E-state index contributed by atoms with van der Waals surface area (Å²) in [6.45, 7) is 0. The number of esters is 1. The number of hydrogen-bond acceptors (Lipinski definition) is 4. The van der Waals surface area contributed by atoms with E-state index in [-0.39, 0.29) is 5.91 Å². The van der Waals surface area contributed by atoms with Crippen molar-refractivity contribution < 1.29 is 14.3 Å². The van der Waals surface area contributed by atoms with Gasteiger partial charge in [-0.15, -0.1) is 11.3 Å². The van der Waals surface area contributed by atoms with Crippen molar-refractivity contribution in [2.75, 3.05) is 5.32 Å². The number of carbonyl (C=O) groups is 2. The molecule has 126 valence electrons. The standard InChI is InChI=1S/C18H11Cl2NO3S/c19-12-5-8-14(20)15(10-12)21-17(22)11-3-6-13(7-4-11)24-18(23)16-2-1-9-25-16/h1-10H,(H,21,22). The molecule has 0 aliphatic heterocycles. The first kappa shape index (κ1) is 17.5. The van der Waals surface area contributed by atoms with Gasteiger partial charge >= 0.3 is 5.97 Å². The highest BCUT2D eigenvalue weighted by molar-refractivity contribution is 7.12. The van der Waals surface area contributed by atoms with Gasteiger partial charge in [0.25, 0.3) is 5.91 Å². The minimum absolute atomic E-state index is 0.347. The molecule has 0 saturated heterocycles. The van der Waals surface area contributed by atoms with Crippen LogP contribution < -0.4 is 10.1 Å². The lowest BCUT2D eigenvalue weighted by Crippen LogP contribution is -2.12. The summed E-state index contributed by atoms with van der Waals surface area (Å²) >= 11 is 13.2. The SMILES string of the molecule is O=C(Nc1cc(Cl)ccc1Cl)c1ccc(OC(=O)c2cccs2)cc1. The molecule has 3 rings (SSSR count). The first-order valence-corrected chi connectivity index (χ1v) is 8.78. The molecule has 0 radical (unpaired) electrons. The zero-order valence-corrected chi connectivity index (χ0v) is 15.0. The molecule has 0 aliphatic rings.